The Kier molecular flexibility index (Phi) is 4.73. The topological polar surface area (TPSA) is 35.5 Å². The van der Waals surface area contributed by atoms with Gasteiger partial charge in [0, 0.05) is 4.47 Å². The van der Waals surface area contributed by atoms with E-state index in [2.05, 4.69) is 15.9 Å². The van der Waals surface area contributed by atoms with E-state index in [1.807, 2.05) is 0 Å². The molecule has 0 N–H and O–H groups in total. The van der Waals surface area contributed by atoms with Crippen LogP contribution in [-0.4, -0.2) is 17.7 Å². The number of hydrogen-bond acceptors (Lipinski definition) is 3. The van der Waals surface area contributed by atoms with Crippen molar-refractivity contribution < 1.29 is 18.7 Å². The first-order valence-electron chi connectivity index (χ1n) is 5.53. The standard InChI is InChI=1S/C13H16BrFO3/c1-8(12(16)18-13(2,3)4)17-11-7-9(14)5-6-10(11)15/h5-8H,1-4H3. The molecule has 0 aliphatic rings. The summed E-state index contributed by atoms with van der Waals surface area (Å²) in [6, 6.07) is 4.29. The molecule has 1 aromatic rings. The first kappa shape index (κ1) is 15.0. The Morgan fingerprint density at radius 1 is 1.39 bits per heavy atom. The van der Waals surface area contributed by atoms with E-state index in [0.29, 0.717) is 4.47 Å². The van der Waals surface area contributed by atoms with Gasteiger partial charge in [-0.1, -0.05) is 15.9 Å². The van der Waals surface area contributed by atoms with Crippen molar-refractivity contribution in [2.24, 2.45) is 0 Å². The second-order valence-electron chi connectivity index (χ2n) is 4.87. The maximum absolute atomic E-state index is 13.4. The largest absolute Gasteiger partial charge is 0.476 e. The molecule has 0 bridgehead atoms. The zero-order valence-corrected chi connectivity index (χ0v) is 12.4. The van der Waals surface area contributed by atoms with Crippen LogP contribution in [0.25, 0.3) is 0 Å². The molecular formula is C13H16BrFO3. The Bertz CT molecular complexity index is 440. The third kappa shape index (κ3) is 4.64. The number of esters is 1. The number of carbonyl (C=O) groups is 1. The van der Waals surface area contributed by atoms with E-state index in [0.717, 1.165) is 0 Å². The molecule has 0 aromatic heterocycles. The van der Waals surface area contributed by atoms with E-state index in [9.17, 15) is 9.18 Å². The highest BCUT2D eigenvalue weighted by Gasteiger charge is 2.23. The van der Waals surface area contributed by atoms with Gasteiger partial charge in [-0.15, -0.1) is 0 Å². The summed E-state index contributed by atoms with van der Waals surface area (Å²) in [6.07, 6.45) is -0.868. The minimum atomic E-state index is -0.868. The summed E-state index contributed by atoms with van der Waals surface area (Å²) in [5.74, 6) is -1.03. The van der Waals surface area contributed by atoms with Crippen LogP contribution < -0.4 is 4.74 Å². The minimum absolute atomic E-state index is 0.0164. The smallest absolute Gasteiger partial charge is 0.347 e. The van der Waals surface area contributed by atoms with Crippen LogP contribution >= 0.6 is 15.9 Å². The zero-order chi connectivity index (χ0) is 13.9. The fourth-order valence-electron chi connectivity index (χ4n) is 1.19. The third-order valence-electron chi connectivity index (χ3n) is 1.94. The van der Waals surface area contributed by atoms with Crippen molar-refractivity contribution >= 4 is 21.9 Å². The summed E-state index contributed by atoms with van der Waals surface area (Å²) in [7, 11) is 0. The van der Waals surface area contributed by atoms with Crippen molar-refractivity contribution in [3.05, 3.63) is 28.5 Å². The van der Waals surface area contributed by atoms with E-state index >= 15 is 0 Å². The van der Waals surface area contributed by atoms with Gasteiger partial charge < -0.3 is 9.47 Å². The molecule has 0 saturated heterocycles. The Labute approximate surface area is 114 Å². The van der Waals surface area contributed by atoms with E-state index in [1.165, 1.54) is 19.1 Å². The van der Waals surface area contributed by atoms with Crippen molar-refractivity contribution in [3.63, 3.8) is 0 Å². The lowest BCUT2D eigenvalue weighted by atomic mass is 10.2. The molecular weight excluding hydrogens is 303 g/mol. The molecule has 0 amide bonds. The van der Waals surface area contributed by atoms with Crippen molar-refractivity contribution in [1.82, 2.24) is 0 Å². The van der Waals surface area contributed by atoms with Gasteiger partial charge >= 0.3 is 5.97 Å². The molecule has 0 saturated carbocycles. The molecule has 5 heteroatoms. The van der Waals surface area contributed by atoms with E-state index < -0.39 is 23.5 Å². The van der Waals surface area contributed by atoms with Gasteiger partial charge in [0.15, 0.2) is 17.7 Å². The van der Waals surface area contributed by atoms with Crippen LogP contribution in [0.2, 0.25) is 0 Å². The van der Waals surface area contributed by atoms with Crippen molar-refractivity contribution in [2.45, 2.75) is 39.4 Å². The summed E-state index contributed by atoms with van der Waals surface area (Å²) in [5, 5.41) is 0. The molecule has 0 radical (unpaired) electrons. The molecule has 1 rings (SSSR count). The molecule has 0 fully saturated rings. The highest BCUT2D eigenvalue weighted by molar-refractivity contribution is 9.10. The molecule has 0 aliphatic carbocycles. The molecule has 0 aliphatic heterocycles. The normalized spacial score (nSPS) is 13.0. The molecule has 100 valence electrons. The predicted octanol–water partition coefficient (Wildman–Crippen LogP) is 3.70. The second kappa shape index (κ2) is 5.69. The van der Waals surface area contributed by atoms with Gasteiger partial charge in [0.1, 0.15) is 5.60 Å². The minimum Gasteiger partial charge on any atom is -0.476 e. The number of halogens is 2. The molecule has 1 unspecified atom stereocenters. The van der Waals surface area contributed by atoms with Gasteiger partial charge in [-0.25, -0.2) is 9.18 Å². The maximum atomic E-state index is 13.4. The summed E-state index contributed by atoms with van der Waals surface area (Å²) >= 11 is 3.21. The Morgan fingerprint density at radius 3 is 2.56 bits per heavy atom. The van der Waals surface area contributed by atoms with Crippen LogP contribution in [0.1, 0.15) is 27.7 Å². The van der Waals surface area contributed by atoms with E-state index in [-0.39, 0.29) is 5.75 Å². The fourth-order valence-corrected chi connectivity index (χ4v) is 1.53. The van der Waals surface area contributed by atoms with Crippen molar-refractivity contribution in [2.75, 3.05) is 0 Å². The first-order valence-corrected chi connectivity index (χ1v) is 6.33. The first-order chi connectivity index (χ1) is 8.19. The molecule has 1 atom stereocenters. The predicted molar refractivity (Wildman–Crippen MR) is 70.0 cm³/mol. The zero-order valence-electron chi connectivity index (χ0n) is 10.8. The van der Waals surface area contributed by atoms with Crippen LogP contribution in [0.5, 0.6) is 5.75 Å². The van der Waals surface area contributed by atoms with Crippen LogP contribution in [0.15, 0.2) is 22.7 Å². The van der Waals surface area contributed by atoms with Gasteiger partial charge in [0.05, 0.1) is 0 Å². The van der Waals surface area contributed by atoms with Gasteiger partial charge in [0.25, 0.3) is 0 Å². The second-order valence-corrected chi connectivity index (χ2v) is 5.78. The molecule has 0 spiro atoms. The third-order valence-corrected chi connectivity index (χ3v) is 2.43. The average Bonchev–Trinajstić information content (AvgIpc) is 2.21. The van der Waals surface area contributed by atoms with Crippen LogP contribution in [0.4, 0.5) is 4.39 Å². The van der Waals surface area contributed by atoms with Crippen LogP contribution in [0.3, 0.4) is 0 Å². The van der Waals surface area contributed by atoms with Gasteiger partial charge in [-0.3, -0.25) is 0 Å². The van der Waals surface area contributed by atoms with E-state index in [4.69, 9.17) is 9.47 Å². The number of carbonyl (C=O) groups excluding carboxylic acids is 1. The monoisotopic (exact) mass is 318 g/mol. The highest BCUT2D eigenvalue weighted by atomic mass is 79.9. The molecule has 3 nitrogen and oxygen atoms in total. The SMILES string of the molecule is CC(Oc1cc(Br)ccc1F)C(=O)OC(C)(C)C. The maximum Gasteiger partial charge on any atom is 0.347 e. The Balaban J connectivity index is 2.72. The van der Waals surface area contributed by atoms with Crippen LogP contribution in [0, 0.1) is 5.82 Å². The lowest BCUT2D eigenvalue weighted by Crippen LogP contribution is -2.33. The van der Waals surface area contributed by atoms with Gasteiger partial charge in [-0.2, -0.15) is 0 Å². The number of hydrogen-bond donors (Lipinski definition) is 0. The number of rotatable bonds is 3. The Morgan fingerprint density at radius 2 is 2.00 bits per heavy atom. The fraction of sp³-hybridized carbons (Fsp3) is 0.462. The summed E-state index contributed by atoms with van der Waals surface area (Å²) < 4.78 is 24.5. The quantitative estimate of drug-likeness (QED) is 0.797. The lowest BCUT2D eigenvalue weighted by Gasteiger charge is -2.22. The molecule has 18 heavy (non-hydrogen) atoms. The summed E-state index contributed by atoms with van der Waals surface area (Å²) in [6.45, 7) is 6.81. The van der Waals surface area contributed by atoms with Gasteiger partial charge in [0.2, 0.25) is 0 Å². The van der Waals surface area contributed by atoms with Gasteiger partial charge in [-0.05, 0) is 45.9 Å². The Hall–Kier alpha value is -1.10. The number of benzene rings is 1. The van der Waals surface area contributed by atoms with Crippen molar-refractivity contribution in [3.8, 4) is 5.75 Å². The van der Waals surface area contributed by atoms with Crippen LogP contribution in [-0.2, 0) is 9.53 Å². The van der Waals surface area contributed by atoms with E-state index in [1.54, 1.807) is 26.8 Å². The number of ether oxygens (including phenoxy) is 2. The molecule has 0 heterocycles. The van der Waals surface area contributed by atoms with Crippen molar-refractivity contribution in [1.29, 1.82) is 0 Å². The summed E-state index contributed by atoms with van der Waals surface area (Å²) in [4.78, 5) is 11.7. The summed E-state index contributed by atoms with van der Waals surface area (Å²) in [5.41, 5.74) is -0.593. The average molecular weight is 319 g/mol. The molecule has 1 aromatic carbocycles. The highest BCUT2D eigenvalue weighted by Crippen LogP contribution is 2.23. The lowest BCUT2D eigenvalue weighted by molar-refractivity contribution is -0.162.